The zero-order valence-electron chi connectivity index (χ0n) is 11.0. The average molecular weight is 288 g/mol. The number of hydrogen-bond donors (Lipinski definition) is 0. The molecule has 0 unspecified atom stereocenters. The fraction of sp³-hybridized carbons (Fsp3) is 0.545. The second-order valence-electron chi connectivity index (χ2n) is 4.85. The Bertz CT molecular complexity index is 527. The first kappa shape index (κ1) is 15.0. The summed E-state index contributed by atoms with van der Waals surface area (Å²) in [5.41, 5.74) is 0.663. The van der Waals surface area contributed by atoms with Gasteiger partial charge in [0.15, 0.2) is 0 Å². The van der Waals surface area contributed by atoms with Crippen LogP contribution in [0.1, 0.15) is 37.4 Å². The van der Waals surface area contributed by atoms with Crippen LogP contribution in [-0.2, 0) is 11.0 Å². The lowest BCUT2D eigenvalue weighted by molar-refractivity contribution is -0.385. The van der Waals surface area contributed by atoms with Gasteiger partial charge >= 0.3 is 0 Å². The summed E-state index contributed by atoms with van der Waals surface area (Å²) >= 11 is 1.30. The molecule has 18 heavy (non-hydrogen) atoms. The first-order valence-corrected chi connectivity index (χ1v) is 7.27. The second kappa shape index (κ2) is 5.27. The third-order valence-corrected chi connectivity index (χ3v) is 4.82. The Balaban J connectivity index is 3.09. The molecule has 5 nitrogen and oxygen atoms in total. The van der Waals surface area contributed by atoms with Crippen molar-refractivity contribution in [3.63, 3.8) is 0 Å². The van der Waals surface area contributed by atoms with Crippen LogP contribution in [0.5, 0.6) is 0 Å². The summed E-state index contributed by atoms with van der Waals surface area (Å²) in [6, 6.07) is 1.48. The highest BCUT2D eigenvalue weighted by atomic mass is 32.2. The normalized spacial score (nSPS) is 14.6. The topological polar surface area (TPSA) is 72.6 Å². The summed E-state index contributed by atoms with van der Waals surface area (Å²) in [6.07, 6.45) is 0. The highest BCUT2D eigenvalue weighted by Gasteiger charge is 2.21. The minimum atomic E-state index is -1.35. The van der Waals surface area contributed by atoms with E-state index in [1.54, 1.807) is 13.8 Å². The molecule has 0 aliphatic heterocycles. The molecule has 0 amide bonds. The summed E-state index contributed by atoms with van der Waals surface area (Å²) in [6.45, 7) is 8.92. The molecular formula is C11H16N2O3S2. The molecule has 1 aromatic heterocycles. The number of thiophene rings is 1. The van der Waals surface area contributed by atoms with Crippen molar-refractivity contribution >= 4 is 33.7 Å². The fourth-order valence-electron chi connectivity index (χ4n) is 1.14. The maximum absolute atomic E-state index is 11.9. The lowest BCUT2D eigenvalue weighted by atomic mass is 10.3. The van der Waals surface area contributed by atoms with Gasteiger partial charge in [-0.25, -0.2) is 4.21 Å². The second-order valence-corrected chi connectivity index (χ2v) is 8.01. The number of nitrogens with zero attached hydrogens (tertiary/aromatic N) is 2. The van der Waals surface area contributed by atoms with Crippen molar-refractivity contribution in [3.05, 3.63) is 25.9 Å². The van der Waals surface area contributed by atoms with Crippen LogP contribution in [0.4, 0.5) is 5.69 Å². The number of nitro groups is 1. The van der Waals surface area contributed by atoms with Gasteiger partial charge in [-0.1, -0.05) is 0 Å². The minimum Gasteiger partial charge on any atom is -0.258 e. The zero-order valence-corrected chi connectivity index (χ0v) is 12.6. The fourth-order valence-corrected chi connectivity index (χ4v) is 2.75. The third-order valence-electron chi connectivity index (χ3n) is 2.19. The molecule has 0 aliphatic carbocycles. The van der Waals surface area contributed by atoms with Crippen LogP contribution in [-0.4, -0.2) is 19.6 Å². The molecule has 0 fully saturated rings. The van der Waals surface area contributed by atoms with Gasteiger partial charge in [-0.05, 0) is 34.6 Å². The summed E-state index contributed by atoms with van der Waals surface area (Å²) < 4.78 is 15.5. The molecule has 1 heterocycles. The molecule has 1 rings (SSSR count). The average Bonchev–Trinajstić information content (AvgIpc) is 2.58. The molecule has 100 valence electrons. The molecule has 1 atom stereocenters. The highest BCUT2D eigenvalue weighted by Crippen LogP contribution is 2.29. The Hall–Kier alpha value is -1.08. The van der Waals surface area contributed by atoms with E-state index in [1.807, 2.05) is 20.8 Å². The van der Waals surface area contributed by atoms with Crippen LogP contribution in [0, 0.1) is 17.0 Å². The van der Waals surface area contributed by atoms with Crippen molar-refractivity contribution in [3.8, 4) is 0 Å². The van der Waals surface area contributed by atoms with Crippen LogP contribution in [0.25, 0.3) is 0 Å². The van der Waals surface area contributed by atoms with Crippen molar-refractivity contribution in [2.24, 2.45) is 4.40 Å². The first-order valence-electron chi connectivity index (χ1n) is 5.35. The Morgan fingerprint density at radius 3 is 2.44 bits per heavy atom. The summed E-state index contributed by atoms with van der Waals surface area (Å²) in [5, 5.41) is 10.8. The van der Waals surface area contributed by atoms with E-state index in [0.717, 1.165) is 0 Å². The molecule has 0 saturated carbocycles. The third kappa shape index (κ3) is 3.46. The van der Waals surface area contributed by atoms with Gasteiger partial charge in [-0.3, -0.25) is 10.1 Å². The van der Waals surface area contributed by atoms with Crippen molar-refractivity contribution in [2.45, 2.75) is 39.4 Å². The number of aryl methyl sites for hydroxylation is 1. The van der Waals surface area contributed by atoms with Crippen molar-refractivity contribution in [2.75, 3.05) is 0 Å². The molecule has 0 radical (unpaired) electrons. The lowest BCUT2D eigenvalue weighted by Crippen LogP contribution is -2.20. The van der Waals surface area contributed by atoms with E-state index in [1.165, 1.54) is 17.4 Å². The highest BCUT2D eigenvalue weighted by molar-refractivity contribution is 7.85. The van der Waals surface area contributed by atoms with Crippen LogP contribution in [0.2, 0.25) is 0 Å². The van der Waals surface area contributed by atoms with E-state index < -0.39 is 20.7 Å². The molecule has 0 saturated heterocycles. The van der Waals surface area contributed by atoms with Crippen molar-refractivity contribution < 1.29 is 9.13 Å². The van der Waals surface area contributed by atoms with E-state index in [-0.39, 0.29) is 5.69 Å². The standard InChI is InChI=1S/C11H16N2O3S2/c1-7(12-18(16)11(3,4)5)10-6-9(13(14)15)8(2)17-10/h6H,1-5H3/t18-/m0/s1. The predicted molar refractivity (Wildman–Crippen MR) is 75.8 cm³/mol. The lowest BCUT2D eigenvalue weighted by Gasteiger charge is -2.13. The van der Waals surface area contributed by atoms with Gasteiger partial charge in [0.05, 0.1) is 25.1 Å². The van der Waals surface area contributed by atoms with E-state index >= 15 is 0 Å². The van der Waals surface area contributed by atoms with E-state index in [2.05, 4.69) is 4.40 Å². The molecular weight excluding hydrogens is 272 g/mol. The quantitative estimate of drug-likeness (QED) is 0.487. The van der Waals surface area contributed by atoms with E-state index in [0.29, 0.717) is 15.5 Å². The van der Waals surface area contributed by atoms with Crippen molar-refractivity contribution in [1.82, 2.24) is 0 Å². The summed E-state index contributed by atoms with van der Waals surface area (Å²) in [7, 11) is -1.35. The summed E-state index contributed by atoms with van der Waals surface area (Å²) in [4.78, 5) is 11.7. The number of rotatable bonds is 3. The van der Waals surface area contributed by atoms with Gasteiger partial charge in [0.1, 0.15) is 11.0 Å². The predicted octanol–water partition coefficient (Wildman–Crippen LogP) is 3.24. The molecule has 0 N–H and O–H groups in total. The molecule has 7 heteroatoms. The molecule has 0 spiro atoms. The van der Waals surface area contributed by atoms with E-state index in [9.17, 15) is 14.3 Å². The monoisotopic (exact) mass is 288 g/mol. The molecule has 1 aromatic rings. The van der Waals surface area contributed by atoms with Crippen LogP contribution >= 0.6 is 11.3 Å². The minimum absolute atomic E-state index is 0.0890. The largest absolute Gasteiger partial charge is 0.283 e. The smallest absolute Gasteiger partial charge is 0.258 e. The van der Waals surface area contributed by atoms with Gasteiger partial charge in [0.25, 0.3) is 5.69 Å². The van der Waals surface area contributed by atoms with Gasteiger partial charge in [-0.2, -0.15) is 4.40 Å². The maximum atomic E-state index is 11.9. The van der Waals surface area contributed by atoms with Crippen LogP contribution < -0.4 is 0 Å². The Kier molecular flexibility index (Phi) is 4.39. The molecule has 0 bridgehead atoms. The molecule has 0 aromatic carbocycles. The van der Waals surface area contributed by atoms with Crippen molar-refractivity contribution in [1.29, 1.82) is 0 Å². The first-order chi connectivity index (χ1) is 8.12. The Morgan fingerprint density at radius 2 is 2.06 bits per heavy atom. The van der Waals surface area contributed by atoms with Gasteiger partial charge in [0.2, 0.25) is 0 Å². The van der Waals surface area contributed by atoms with Gasteiger partial charge < -0.3 is 0 Å². The SMILES string of the molecule is CC(=N[S@@](=O)C(C)(C)C)c1cc([N+](=O)[O-])c(C)s1. The Labute approximate surface area is 113 Å². The van der Waals surface area contributed by atoms with Gasteiger partial charge in [0, 0.05) is 6.07 Å². The van der Waals surface area contributed by atoms with Gasteiger partial charge in [-0.15, -0.1) is 11.3 Å². The summed E-state index contributed by atoms with van der Waals surface area (Å²) in [5.74, 6) is 0. The molecule has 0 aliphatic rings. The number of hydrogen-bond acceptors (Lipinski definition) is 4. The van der Waals surface area contributed by atoms with Crippen LogP contribution in [0.3, 0.4) is 0 Å². The van der Waals surface area contributed by atoms with Crippen LogP contribution in [0.15, 0.2) is 10.5 Å². The Morgan fingerprint density at radius 1 is 1.50 bits per heavy atom. The maximum Gasteiger partial charge on any atom is 0.283 e. The van der Waals surface area contributed by atoms with E-state index in [4.69, 9.17) is 0 Å². The zero-order chi connectivity index (χ0) is 14.1.